The maximum Gasteiger partial charge on any atom is 0.418 e. The van der Waals surface area contributed by atoms with E-state index in [0.717, 1.165) is 24.3 Å². The summed E-state index contributed by atoms with van der Waals surface area (Å²) in [7, 11) is 0. The van der Waals surface area contributed by atoms with Gasteiger partial charge in [-0.15, -0.1) is 0 Å². The number of aromatic nitrogens is 2. The molecule has 1 saturated heterocycles. The number of nitrogens with zero attached hydrogens (tertiary/aromatic N) is 3. The molecule has 0 unspecified atom stereocenters. The van der Waals surface area contributed by atoms with Gasteiger partial charge in [-0.3, -0.25) is 0 Å². The van der Waals surface area contributed by atoms with Crippen LogP contribution in [0.4, 0.5) is 32.4 Å². The quantitative estimate of drug-likeness (QED) is 0.556. The van der Waals surface area contributed by atoms with Crippen molar-refractivity contribution in [3.63, 3.8) is 0 Å². The number of hydrogen-bond acceptors (Lipinski definition) is 4. The van der Waals surface area contributed by atoms with Crippen LogP contribution in [0.3, 0.4) is 0 Å². The molecule has 0 aliphatic carbocycles. The summed E-state index contributed by atoms with van der Waals surface area (Å²) in [6.45, 7) is 0.257. The normalized spacial score (nSPS) is 16.5. The van der Waals surface area contributed by atoms with Gasteiger partial charge in [0, 0.05) is 12.6 Å². The Labute approximate surface area is 172 Å². The summed E-state index contributed by atoms with van der Waals surface area (Å²) >= 11 is 0. The number of amides is 2. The number of carbonyl (C=O) groups is 1. The number of alkyl halides is 3. The summed E-state index contributed by atoms with van der Waals surface area (Å²) in [5.41, 5.74) is -1.42. The molecule has 3 aromatic rings. The zero-order valence-corrected chi connectivity index (χ0v) is 15.8. The zero-order valence-electron chi connectivity index (χ0n) is 15.8. The van der Waals surface area contributed by atoms with Crippen LogP contribution >= 0.6 is 0 Å². The van der Waals surface area contributed by atoms with Crippen LogP contribution < -0.4 is 5.32 Å². The van der Waals surface area contributed by atoms with E-state index in [9.17, 15) is 26.7 Å². The topological polar surface area (TPSA) is 71.3 Å². The molecule has 0 saturated carbocycles. The fourth-order valence-corrected chi connectivity index (χ4v) is 3.44. The highest BCUT2D eigenvalue weighted by molar-refractivity contribution is 5.90. The van der Waals surface area contributed by atoms with E-state index < -0.39 is 35.4 Å². The smallest absolute Gasteiger partial charge is 0.337 e. The molecule has 11 heteroatoms. The van der Waals surface area contributed by atoms with E-state index in [1.165, 1.54) is 17.0 Å². The molecule has 2 amide bonds. The number of halogens is 5. The van der Waals surface area contributed by atoms with Gasteiger partial charge in [-0.1, -0.05) is 17.3 Å². The van der Waals surface area contributed by atoms with Crippen LogP contribution in [0.25, 0.3) is 11.4 Å². The van der Waals surface area contributed by atoms with Crippen LogP contribution in [0.15, 0.2) is 47.0 Å². The number of carbonyl (C=O) groups excluding carboxylic acids is 1. The number of hydrogen-bond donors (Lipinski definition) is 1. The Hall–Kier alpha value is -3.50. The van der Waals surface area contributed by atoms with E-state index in [2.05, 4.69) is 15.5 Å². The number of anilines is 1. The molecule has 1 N–H and O–H groups in total. The van der Waals surface area contributed by atoms with Crippen LogP contribution in [0.5, 0.6) is 0 Å². The van der Waals surface area contributed by atoms with Crippen LogP contribution in [0, 0.1) is 11.6 Å². The summed E-state index contributed by atoms with van der Waals surface area (Å²) in [6.07, 6.45) is -3.64. The SMILES string of the molecule is O=C(Nc1ccccc1C(F)(F)F)N1CCC[C@H]1c1nc(-c2ccc(F)cc2F)no1. The number of para-hydroxylation sites is 1. The highest BCUT2D eigenvalue weighted by Gasteiger charge is 2.37. The first kappa shape index (κ1) is 20.8. The van der Waals surface area contributed by atoms with Crippen molar-refractivity contribution in [2.45, 2.75) is 25.1 Å². The number of rotatable bonds is 3. The number of urea groups is 1. The second-order valence-corrected chi connectivity index (χ2v) is 6.91. The molecule has 0 radical (unpaired) electrons. The third kappa shape index (κ3) is 4.21. The highest BCUT2D eigenvalue weighted by atomic mass is 19.4. The number of nitrogens with one attached hydrogen (secondary N) is 1. The largest absolute Gasteiger partial charge is 0.418 e. The Kier molecular flexibility index (Phi) is 5.34. The van der Waals surface area contributed by atoms with Gasteiger partial charge in [0.25, 0.3) is 0 Å². The lowest BCUT2D eigenvalue weighted by Gasteiger charge is -2.23. The summed E-state index contributed by atoms with van der Waals surface area (Å²) in [5.74, 6) is -1.75. The first-order valence-electron chi connectivity index (χ1n) is 9.27. The van der Waals surface area contributed by atoms with Gasteiger partial charge in [0.05, 0.1) is 16.8 Å². The van der Waals surface area contributed by atoms with Crippen molar-refractivity contribution in [2.75, 3.05) is 11.9 Å². The van der Waals surface area contributed by atoms with Crippen molar-refractivity contribution in [1.82, 2.24) is 15.0 Å². The van der Waals surface area contributed by atoms with Crippen LogP contribution in [-0.4, -0.2) is 27.6 Å². The lowest BCUT2D eigenvalue weighted by molar-refractivity contribution is -0.136. The fourth-order valence-electron chi connectivity index (χ4n) is 3.44. The summed E-state index contributed by atoms with van der Waals surface area (Å²) in [6, 6.07) is 6.08. The summed E-state index contributed by atoms with van der Waals surface area (Å²) in [4.78, 5) is 18.1. The fraction of sp³-hybridized carbons (Fsp3) is 0.250. The Bertz CT molecular complexity index is 1110. The first-order valence-corrected chi connectivity index (χ1v) is 9.27. The molecule has 0 bridgehead atoms. The highest BCUT2D eigenvalue weighted by Crippen LogP contribution is 2.36. The second-order valence-electron chi connectivity index (χ2n) is 6.91. The third-order valence-corrected chi connectivity index (χ3v) is 4.89. The van der Waals surface area contributed by atoms with Gasteiger partial charge in [0.2, 0.25) is 11.7 Å². The molecule has 0 spiro atoms. The van der Waals surface area contributed by atoms with Gasteiger partial charge in [0.1, 0.15) is 17.7 Å². The zero-order chi connectivity index (χ0) is 22.2. The molecule has 6 nitrogen and oxygen atoms in total. The van der Waals surface area contributed by atoms with Gasteiger partial charge in [-0.2, -0.15) is 18.2 Å². The Morgan fingerprint density at radius 2 is 1.94 bits per heavy atom. The van der Waals surface area contributed by atoms with Crippen LogP contribution in [0.2, 0.25) is 0 Å². The number of benzene rings is 2. The van der Waals surface area contributed by atoms with Gasteiger partial charge in [0.15, 0.2) is 0 Å². The van der Waals surface area contributed by atoms with Gasteiger partial charge in [-0.05, 0) is 37.1 Å². The minimum Gasteiger partial charge on any atom is -0.337 e. The Morgan fingerprint density at radius 3 is 2.68 bits per heavy atom. The Balaban J connectivity index is 1.55. The molecule has 1 atom stereocenters. The van der Waals surface area contributed by atoms with Crippen molar-refractivity contribution in [1.29, 1.82) is 0 Å². The molecular weight excluding hydrogens is 423 g/mol. The van der Waals surface area contributed by atoms with Gasteiger partial charge < -0.3 is 14.7 Å². The minimum absolute atomic E-state index is 0.00971. The molecule has 2 heterocycles. The summed E-state index contributed by atoms with van der Waals surface area (Å²) in [5, 5.41) is 5.98. The molecule has 2 aromatic carbocycles. The van der Waals surface area contributed by atoms with E-state index in [0.29, 0.717) is 18.9 Å². The van der Waals surface area contributed by atoms with Crippen molar-refractivity contribution in [2.24, 2.45) is 0 Å². The van der Waals surface area contributed by atoms with E-state index in [-0.39, 0.29) is 29.5 Å². The lowest BCUT2D eigenvalue weighted by atomic mass is 10.1. The molecule has 1 fully saturated rings. The molecule has 1 aliphatic rings. The van der Waals surface area contributed by atoms with Crippen molar-refractivity contribution < 1.29 is 31.3 Å². The van der Waals surface area contributed by atoms with Crippen molar-refractivity contribution >= 4 is 11.7 Å². The molecule has 1 aromatic heterocycles. The molecular formula is C20H15F5N4O2. The Morgan fingerprint density at radius 1 is 1.16 bits per heavy atom. The van der Waals surface area contributed by atoms with Crippen LogP contribution in [-0.2, 0) is 6.18 Å². The van der Waals surface area contributed by atoms with E-state index in [4.69, 9.17) is 4.52 Å². The van der Waals surface area contributed by atoms with Gasteiger partial charge >= 0.3 is 12.2 Å². The lowest BCUT2D eigenvalue weighted by Crippen LogP contribution is -2.35. The maximum absolute atomic E-state index is 14.0. The monoisotopic (exact) mass is 438 g/mol. The number of likely N-dealkylation sites (tertiary alicyclic amines) is 1. The first-order chi connectivity index (χ1) is 14.7. The molecule has 162 valence electrons. The van der Waals surface area contributed by atoms with E-state index in [1.807, 2.05) is 0 Å². The van der Waals surface area contributed by atoms with Crippen molar-refractivity contribution in [3.8, 4) is 11.4 Å². The predicted octanol–water partition coefficient (Wildman–Crippen LogP) is 5.40. The molecule has 4 rings (SSSR count). The third-order valence-electron chi connectivity index (χ3n) is 4.89. The van der Waals surface area contributed by atoms with Crippen LogP contribution in [0.1, 0.15) is 30.3 Å². The minimum atomic E-state index is -4.63. The average Bonchev–Trinajstić information content (AvgIpc) is 3.37. The standard InChI is InChI=1S/C20H15F5N4O2/c21-11-7-8-12(14(22)10-11)17-27-18(31-28-17)16-6-3-9-29(16)19(30)26-15-5-2-1-4-13(15)20(23,24)25/h1-2,4-5,7-8,10,16H,3,6,9H2,(H,26,30)/t16-/m0/s1. The molecule has 1 aliphatic heterocycles. The second kappa shape index (κ2) is 7.97. The summed E-state index contributed by atoms with van der Waals surface area (Å²) < 4.78 is 71.8. The van der Waals surface area contributed by atoms with E-state index >= 15 is 0 Å². The van der Waals surface area contributed by atoms with E-state index in [1.54, 1.807) is 0 Å². The maximum atomic E-state index is 14.0. The van der Waals surface area contributed by atoms with Gasteiger partial charge in [-0.25, -0.2) is 13.6 Å². The predicted molar refractivity (Wildman–Crippen MR) is 98.8 cm³/mol. The van der Waals surface area contributed by atoms with Crippen molar-refractivity contribution in [3.05, 3.63) is 65.6 Å². The average molecular weight is 438 g/mol. The molecule has 31 heavy (non-hydrogen) atoms.